The molecule has 0 amide bonds. The third-order valence-corrected chi connectivity index (χ3v) is 5.71. The summed E-state index contributed by atoms with van der Waals surface area (Å²) in [7, 11) is -2.32. The molecule has 2 N–H and O–H groups in total. The van der Waals surface area contributed by atoms with Gasteiger partial charge in [0, 0.05) is 23.6 Å². The topological polar surface area (TPSA) is 75.6 Å². The van der Waals surface area contributed by atoms with Crippen LogP contribution in [0.2, 0.25) is 5.02 Å². The van der Waals surface area contributed by atoms with Crippen molar-refractivity contribution in [2.75, 3.05) is 20.3 Å². The molecule has 0 aliphatic heterocycles. The molecule has 1 aromatic carbocycles. The summed E-state index contributed by atoms with van der Waals surface area (Å²) < 4.78 is 32.6. The van der Waals surface area contributed by atoms with Gasteiger partial charge in [-0.2, -0.15) is 0 Å². The Labute approximate surface area is 130 Å². The van der Waals surface area contributed by atoms with Gasteiger partial charge < -0.3 is 9.84 Å². The SMILES string of the molecule is COc1ccc(Cl)cc1S(=O)(=O)NCC1(CO)CCCC1. The second kappa shape index (κ2) is 6.52. The fraction of sp³-hybridized carbons (Fsp3) is 0.571. The Morgan fingerprint density at radius 2 is 2.05 bits per heavy atom. The van der Waals surface area contributed by atoms with E-state index in [1.165, 1.54) is 19.2 Å². The first-order valence-electron chi connectivity index (χ1n) is 6.86. The second-order valence-corrected chi connectivity index (χ2v) is 7.66. The maximum Gasteiger partial charge on any atom is 0.244 e. The van der Waals surface area contributed by atoms with Gasteiger partial charge in [0.15, 0.2) is 0 Å². The van der Waals surface area contributed by atoms with Crippen LogP contribution in [-0.2, 0) is 10.0 Å². The van der Waals surface area contributed by atoms with E-state index in [2.05, 4.69) is 4.72 Å². The summed E-state index contributed by atoms with van der Waals surface area (Å²) in [6.07, 6.45) is 3.70. The summed E-state index contributed by atoms with van der Waals surface area (Å²) >= 11 is 5.87. The number of nitrogens with one attached hydrogen (secondary N) is 1. The van der Waals surface area contributed by atoms with Crippen LogP contribution in [-0.4, -0.2) is 33.8 Å². The van der Waals surface area contributed by atoms with E-state index in [0.29, 0.717) is 5.02 Å². The molecule has 21 heavy (non-hydrogen) atoms. The number of rotatable bonds is 6. The fourth-order valence-electron chi connectivity index (χ4n) is 2.70. The molecule has 1 saturated carbocycles. The van der Waals surface area contributed by atoms with Crippen molar-refractivity contribution < 1.29 is 18.3 Å². The molecule has 1 fully saturated rings. The molecule has 1 aliphatic carbocycles. The molecule has 0 radical (unpaired) electrons. The minimum Gasteiger partial charge on any atom is -0.495 e. The Morgan fingerprint density at radius 3 is 2.62 bits per heavy atom. The normalized spacial score (nSPS) is 17.9. The Bertz CT molecular complexity index is 597. The molecule has 0 atom stereocenters. The highest BCUT2D eigenvalue weighted by molar-refractivity contribution is 7.89. The van der Waals surface area contributed by atoms with Gasteiger partial charge in [-0.25, -0.2) is 13.1 Å². The van der Waals surface area contributed by atoms with Crippen molar-refractivity contribution in [3.05, 3.63) is 23.2 Å². The average molecular weight is 334 g/mol. The summed E-state index contributed by atoms with van der Waals surface area (Å²) in [5.41, 5.74) is -0.348. The number of aliphatic hydroxyl groups excluding tert-OH is 1. The van der Waals surface area contributed by atoms with Crippen molar-refractivity contribution in [2.45, 2.75) is 30.6 Å². The molecule has 0 spiro atoms. The number of ether oxygens (including phenoxy) is 1. The predicted octanol–water partition coefficient (Wildman–Crippen LogP) is 2.18. The minimum atomic E-state index is -3.73. The predicted molar refractivity (Wildman–Crippen MR) is 81.2 cm³/mol. The van der Waals surface area contributed by atoms with E-state index < -0.39 is 10.0 Å². The summed E-state index contributed by atoms with van der Waals surface area (Å²) in [4.78, 5) is 0.0172. The molecule has 0 saturated heterocycles. The summed E-state index contributed by atoms with van der Waals surface area (Å²) in [6.45, 7) is 0.212. The van der Waals surface area contributed by atoms with Crippen LogP contribution >= 0.6 is 11.6 Å². The molecule has 2 rings (SSSR count). The Kier molecular flexibility index (Phi) is 5.14. The van der Waals surface area contributed by atoms with Gasteiger partial charge in [0.1, 0.15) is 10.6 Å². The van der Waals surface area contributed by atoms with E-state index in [0.717, 1.165) is 25.7 Å². The van der Waals surface area contributed by atoms with Crippen molar-refractivity contribution in [1.29, 1.82) is 0 Å². The molecule has 7 heteroatoms. The number of sulfonamides is 1. The van der Waals surface area contributed by atoms with Gasteiger partial charge in [-0.15, -0.1) is 0 Å². The van der Waals surface area contributed by atoms with Crippen molar-refractivity contribution in [3.63, 3.8) is 0 Å². The maximum atomic E-state index is 12.4. The molecule has 118 valence electrons. The monoisotopic (exact) mass is 333 g/mol. The van der Waals surface area contributed by atoms with E-state index in [-0.39, 0.29) is 29.2 Å². The van der Waals surface area contributed by atoms with Crippen LogP contribution in [0.4, 0.5) is 0 Å². The summed E-state index contributed by atoms with van der Waals surface area (Å²) in [5, 5.41) is 9.88. The first-order chi connectivity index (χ1) is 9.92. The largest absolute Gasteiger partial charge is 0.495 e. The molecular weight excluding hydrogens is 314 g/mol. The lowest BCUT2D eigenvalue weighted by atomic mass is 9.88. The lowest BCUT2D eigenvalue weighted by molar-refractivity contribution is 0.134. The van der Waals surface area contributed by atoms with Crippen molar-refractivity contribution in [2.24, 2.45) is 5.41 Å². The number of halogens is 1. The van der Waals surface area contributed by atoms with E-state index in [4.69, 9.17) is 16.3 Å². The molecule has 0 unspecified atom stereocenters. The third kappa shape index (κ3) is 3.69. The number of methoxy groups -OCH3 is 1. The van der Waals surface area contributed by atoms with E-state index >= 15 is 0 Å². The molecule has 0 aromatic heterocycles. The molecule has 1 aromatic rings. The quantitative estimate of drug-likeness (QED) is 0.836. The zero-order valence-corrected chi connectivity index (χ0v) is 13.5. The fourth-order valence-corrected chi connectivity index (χ4v) is 4.29. The van der Waals surface area contributed by atoms with Gasteiger partial charge in [-0.3, -0.25) is 0 Å². The standard InChI is InChI=1S/C14H20ClNO4S/c1-20-12-5-4-11(15)8-13(12)21(18,19)16-9-14(10-17)6-2-3-7-14/h4-5,8,16-17H,2-3,6-7,9-10H2,1H3. The number of aliphatic hydroxyl groups is 1. The van der Waals surface area contributed by atoms with Gasteiger partial charge in [0.05, 0.1) is 7.11 Å². The minimum absolute atomic E-state index is 0.0117. The Morgan fingerprint density at radius 1 is 1.38 bits per heavy atom. The molecule has 0 heterocycles. The molecule has 0 bridgehead atoms. The van der Waals surface area contributed by atoms with Gasteiger partial charge in [-0.05, 0) is 31.0 Å². The maximum absolute atomic E-state index is 12.4. The van der Waals surface area contributed by atoms with E-state index in [9.17, 15) is 13.5 Å². The first kappa shape index (κ1) is 16.5. The lowest BCUT2D eigenvalue weighted by Crippen LogP contribution is -2.38. The van der Waals surface area contributed by atoms with Crippen molar-refractivity contribution in [3.8, 4) is 5.75 Å². The average Bonchev–Trinajstić information content (AvgIpc) is 2.95. The van der Waals surface area contributed by atoms with Gasteiger partial charge in [0.2, 0.25) is 10.0 Å². The van der Waals surface area contributed by atoms with Gasteiger partial charge >= 0.3 is 0 Å². The van der Waals surface area contributed by atoms with Crippen LogP contribution < -0.4 is 9.46 Å². The molecule has 5 nitrogen and oxygen atoms in total. The van der Waals surface area contributed by atoms with Crippen LogP contribution in [0.15, 0.2) is 23.1 Å². The highest BCUT2D eigenvalue weighted by atomic mass is 35.5. The smallest absolute Gasteiger partial charge is 0.244 e. The zero-order chi connectivity index (χ0) is 15.5. The van der Waals surface area contributed by atoms with Gasteiger partial charge in [0.25, 0.3) is 0 Å². The number of hydrogen-bond donors (Lipinski definition) is 2. The zero-order valence-electron chi connectivity index (χ0n) is 11.9. The van der Waals surface area contributed by atoms with Gasteiger partial charge in [-0.1, -0.05) is 24.4 Å². The third-order valence-electron chi connectivity index (χ3n) is 4.05. The van der Waals surface area contributed by atoms with Crippen LogP contribution in [0.5, 0.6) is 5.75 Å². The summed E-state index contributed by atoms with van der Waals surface area (Å²) in [5.74, 6) is 0.247. The summed E-state index contributed by atoms with van der Waals surface area (Å²) in [6, 6.07) is 4.46. The Hall–Kier alpha value is -0.820. The highest BCUT2D eigenvalue weighted by Crippen LogP contribution is 2.37. The molecular formula is C14H20ClNO4S. The van der Waals surface area contributed by atoms with Crippen molar-refractivity contribution >= 4 is 21.6 Å². The highest BCUT2D eigenvalue weighted by Gasteiger charge is 2.35. The van der Waals surface area contributed by atoms with Crippen LogP contribution in [0.1, 0.15) is 25.7 Å². The van der Waals surface area contributed by atoms with Crippen molar-refractivity contribution in [1.82, 2.24) is 4.72 Å². The van der Waals surface area contributed by atoms with Crippen LogP contribution in [0.3, 0.4) is 0 Å². The van der Waals surface area contributed by atoms with Crippen LogP contribution in [0.25, 0.3) is 0 Å². The van der Waals surface area contributed by atoms with Crippen LogP contribution in [0, 0.1) is 5.41 Å². The van der Waals surface area contributed by atoms with E-state index in [1.807, 2.05) is 0 Å². The number of hydrogen-bond acceptors (Lipinski definition) is 4. The Balaban J connectivity index is 2.20. The molecule has 1 aliphatic rings. The first-order valence-corrected chi connectivity index (χ1v) is 8.73. The number of benzene rings is 1. The van der Waals surface area contributed by atoms with E-state index in [1.54, 1.807) is 6.07 Å². The lowest BCUT2D eigenvalue weighted by Gasteiger charge is -2.26. The second-order valence-electron chi connectivity index (χ2n) is 5.48.